The smallest absolute Gasteiger partial charge is 0.224 e. The number of nitrogens with two attached hydrogens (primary N) is 1. The summed E-state index contributed by atoms with van der Waals surface area (Å²) in [5, 5.41) is 6.32. The molecule has 110 valence electrons. The first-order valence-electron chi connectivity index (χ1n) is 7.65. The largest absolute Gasteiger partial charge is 0.355 e. The molecule has 0 spiro atoms. The van der Waals surface area contributed by atoms with E-state index in [1.807, 2.05) is 0 Å². The third-order valence-electron chi connectivity index (χ3n) is 4.87. The Kier molecular flexibility index (Phi) is 4.08. The SMILES string of the molecule is CCc1nc(CCNC(=O)C2C3CCC(C3)C2N)cs1. The molecule has 1 aromatic heterocycles. The van der Waals surface area contributed by atoms with Crippen LogP contribution in [-0.4, -0.2) is 23.5 Å². The highest BCUT2D eigenvalue weighted by Crippen LogP contribution is 2.47. The second kappa shape index (κ2) is 5.82. The van der Waals surface area contributed by atoms with Crippen LogP contribution in [0.5, 0.6) is 0 Å². The number of aromatic nitrogens is 1. The van der Waals surface area contributed by atoms with Gasteiger partial charge in [-0.1, -0.05) is 6.92 Å². The van der Waals surface area contributed by atoms with Gasteiger partial charge in [-0.25, -0.2) is 4.98 Å². The summed E-state index contributed by atoms with van der Waals surface area (Å²) < 4.78 is 0. The van der Waals surface area contributed by atoms with Crippen LogP contribution < -0.4 is 11.1 Å². The molecule has 20 heavy (non-hydrogen) atoms. The number of nitrogens with zero attached hydrogens (tertiary/aromatic N) is 1. The molecule has 2 bridgehead atoms. The molecule has 2 fully saturated rings. The summed E-state index contributed by atoms with van der Waals surface area (Å²) in [6.07, 6.45) is 5.36. The molecule has 0 aliphatic heterocycles. The van der Waals surface area contributed by atoms with E-state index in [-0.39, 0.29) is 17.9 Å². The van der Waals surface area contributed by atoms with Gasteiger partial charge in [-0.2, -0.15) is 0 Å². The molecule has 5 heteroatoms. The van der Waals surface area contributed by atoms with Crippen molar-refractivity contribution >= 4 is 17.2 Å². The highest BCUT2D eigenvalue weighted by Gasteiger charge is 2.48. The number of hydrogen-bond donors (Lipinski definition) is 2. The van der Waals surface area contributed by atoms with Crippen molar-refractivity contribution in [3.05, 3.63) is 16.1 Å². The molecule has 1 amide bonds. The molecule has 0 radical (unpaired) electrons. The minimum atomic E-state index is 0.0513. The number of hydrogen-bond acceptors (Lipinski definition) is 4. The van der Waals surface area contributed by atoms with E-state index in [1.54, 1.807) is 11.3 Å². The minimum absolute atomic E-state index is 0.0513. The highest BCUT2D eigenvalue weighted by molar-refractivity contribution is 7.09. The standard InChI is InChI=1S/C15H23N3OS/c1-2-12-18-11(8-20-12)5-6-17-15(19)13-9-3-4-10(7-9)14(13)16/h8-10,13-14H,2-7,16H2,1H3,(H,17,19). The van der Waals surface area contributed by atoms with Gasteiger partial charge in [0.05, 0.1) is 16.6 Å². The molecule has 0 aromatic carbocycles. The lowest BCUT2D eigenvalue weighted by atomic mass is 9.84. The Bertz CT molecular complexity index is 485. The van der Waals surface area contributed by atoms with Crippen LogP contribution in [0.2, 0.25) is 0 Å². The van der Waals surface area contributed by atoms with E-state index in [2.05, 4.69) is 22.6 Å². The van der Waals surface area contributed by atoms with Gasteiger partial charge < -0.3 is 11.1 Å². The normalized spacial score (nSPS) is 31.7. The second-order valence-electron chi connectivity index (χ2n) is 6.06. The average Bonchev–Trinajstić information content (AvgIpc) is 3.13. The van der Waals surface area contributed by atoms with Crippen molar-refractivity contribution in [2.75, 3.05) is 6.54 Å². The summed E-state index contributed by atoms with van der Waals surface area (Å²) in [5.74, 6) is 1.33. The number of nitrogens with one attached hydrogen (secondary N) is 1. The summed E-state index contributed by atoms with van der Waals surface area (Å²) in [5.41, 5.74) is 7.29. The van der Waals surface area contributed by atoms with E-state index in [4.69, 9.17) is 5.73 Å². The summed E-state index contributed by atoms with van der Waals surface area (Å²) >= 11 is 1.70. The lowest BCUT2D eigenvalue weighted by molar-refractivity contribution is -0.127. The van der Waals surface area contributed by atoms with E-state index in [0.717, 1.165) is 25.0 Å². The quantitative estimate of drug-likeness (QED) is 0.869. The minimum Gasteiger partial charge on any atom is -0.355 e. The molecule has 1 heterocycles. The third-order valence-corrected chi connectivity index (χ3v) is 5.91. The van der Waals surface area contributed by atoms with E-state index in [9.17, 15) is 4.79 Å². The van der Waals surface area contributed by atoms with Gasteiger partial charge in [-0.15, -0.1) is 11.3 Å². The summed E-state index contributed by atoms with van der Waals surface area (Å²) in [6, 6.07) is 0.0831. The monoisotopic (exact) mass is 293 g/mol. The maximum absolute atomic E-state index is 12.3. The van der Waals surface area contributed by atoms with Crippen LogP contribution in [0, 0.1) is 17.8 Å². The van der Waals surface area contributed by atoms with Crippen molar-refractivity contribution in [3.63, 3.8) is 0 Å². The summed E-state index contributed by atoms with van der Waals surface area (Å²) in [4.78, 5) is 16.8. The van der Waals surface area contributed by atoms with Gasteiger partial charge in [0.1, 0.15) is 0 Å². The fourth-order valence-electron chi connectivity index (χ4n) is 3.78. The molecule has 3 N–H and O–H groups in total. The van der Waals surface area contributed by atoms with Gasteiger partial charge in [0.2, 0.25) is 5.91 Å². The Morgan fingerprint density at radius 3 is 2.95 bits per heavy atom. The van der Waals surface area contributed by atoms with Crippen molar-refractivity contribution in [2.24, 2.45) is 23.5 Å². The average molecular weight is 293 g/mol. The lowest BCUT2D eigenvalue weighted by Gasteiger charge is -2.26. The zero-order chi connectivity index (χ0) is 14.1. The van der Waals surface area contributed by atoms with Crippen molar-refractivity contribution in [3.8, 4) is 0 Å². The molecule has 3 rings (SSSR count). The van der Waals surface area contributed by atoms with Gasteiger partial charge in [-0.3, -0.25) is 4.79 Å². The maximum Gasteiger partial charge on any atom is 0.224 e. The predicted octanol–water partition coefficient (Wildman–Crippen LogP) is 1.74. The van der Waals surface area contributed by atoms with Crippen LogP contribution in [0.15, 0.2) is 5.38 Å². The van der Waals surface area contributed by atoms with Crippen LogP contribution in [-0.2, 0) is 17.6 Å². The van der Waals surface area contributed by atoms with Crippen LogP contribution in [0.1, 0.15) is 36.9 Å². The Labute approximate surface area is 124 Å². The molecule has 0 saturated heterocycles. The van der Waals surface area contributed by atoms with E-state index in [0.29, 0.717) is 18.4 Å². The third kappa shape index (κ3) is 2.61. The molecule has 2 aliphatic carbocycles. The Balaban J connectivity index is 1.47. The van der Waals surface area contributed by atoms with E-state index >= 15 is 0 Å². The predicted molar refractivity (Wildman–Crippen MR) is 80.5 cm³/mol. The molecular formula is C15H23N3OS. The number of carbonyl (C=O) groups excluding carboxylic acids is 1. The fraction of sp³-hybridized carbons (Fsp3) is 0.733. The zero-order valence-corrected chi connectivity index (χ0v) is 12.8. The van der Waals surface area contributed by atoms with Gasteiger partial charge in [-0.05, 0) is 37.5 Å². The summed E-state index contributed by atoms with van der Waals surface area (Å²) in [7, 11) is 0. The van der Waals surface area contributed by atoms with Crippen LogP contribution >= 0.6 is 11.3 Å². The molecule has 4 nitrogen and oxygen atoms in total. The Morgan fingerprint density at radius 1 is 1.50 bits per heavy atom. The van der Waals surface area contributed by atoms with Crippen molar-refractivity contribution in [2.45, 2.75) is 45.1 Å². The number of amides is 1. The van der Waals surface area contributed by atoms with Crippen molar-refractivity contribution in [1.82, 2.24) is 10.3 Å². The zero-order valence-electron chi connectivity index (χ0n) is 12.0. The molecule has 2 aliphatic rings. The van der Waals surface area contributed by atoms with Crippen molar-refractivity contribution < 1.29 is 4.79 Å². The van der Waals surface area contributed by atoms with Gasteiger partial charge in [0.15, 0.2) is 0 Å². The highest BCUT2D eigenvalue weighted by atomic mass is 32.1. The summed E-state index contributed by atoms with van der Waals surface area (Å²) in [6.45, 7) is 2.78. The van der Waals surface area contributed by atoms with E-state index < -0.39 is 0 Å². The number of fused-ring (bicyclic) bond motifs is 2. The maximum atomic E-state index is 12.3. The van der Waals surface area contributed by atoms with Gasteiger partial charge in [0.25, 0.3) is 0 Å². The van der Waals surface area contributed by atoms with Gasteiger partial charge >= 0.3 is 0 Å². The van der Waals surface area contributed by atoms with Crippen LogP contribution in [0.25, 0.3) is 0 Å². The molecule has 4 unspecified atom stereocenters. The van der Waals surface area contributed by atoms with Gasteiger partial charge in [0, 0.05) is 24.4 Å². The first-order valence-corrected chi connectivity index (χ1v) is 8.53. The van der Waals surface area contributed by atoms with Crippen molar-refractivity contribution in [1.29, 1.82) is 0 Å². The fourth-order valence-corrected chi connectivity index (χ4v) is 4.56. The number of thiazole rings is 1. The van der Waals surface area contributed by atoms with Crippen LogP contribution in [0.4, 0.5) is 0 Å². The Morgan fingerprint density at radius 2 is 2.30 bits per heavy atom. The molecular weight excluding hydrogens is 270 g/mol. The first kappa shape index (κ1) is 14.0. The molecule has 1 aromatic rings. The van der Waals surface area contributed by atoms with Crippen LogP contribution in [0.3, 0.4) is 0 Å². The molecule has 4 atom stereocenters. The number of carbonyl (C=O) groups is 1. The Hall–Kier alpha value is -0.940. The second-order valence-corrected chi connectivity index (χ2v) is 7.01. The topological polar surface area (TPSA) is 68.0 Å². The number of aryl methyl sites for hydroxylation is 1. The first-order chi connectivity index (χ1) is 9.69. The lowest BCUT2D eigenvalue weighted by Crippen LogP contribution is -2.45. The number of rotatable bonds is 5. The molecule has 2 saturated carbocycles. The van der Waals surface area contributed by atoms with E-state index in [1.165, 1.54) is 17.8 Å².